The average molecular weight is 286 g/mol. The molecule has 1 aliphatic heterocycles. The number of hydrogen-bond donors (Lipinski definition) is 1. The van der Waals surface area contributed by atoms with Gasteiger partial charge in [-0.1, -0.05) is 24.6 Å². The van der Waals surface area contributed by atoms with Crippen molar-refractivity contribution in [1.29, 1.82) is 0 Å². The van der Waals surface area contributed by atoms with Crippen LogP contribution in [0.15, 0.2) is 23.8 Å². The highest BCUT2D eigenvalue weighted by Gasteiger charge is 2.13. The lowest BCUT2D eigenvalue weighted by atomic mass is 9.98. The van der Waals surface area contributed by atoms with Crippen LogP contribution in [0.25, 0.3) is 6.08 Å². The summed E-state index contributed by atoms with van der Waals surface area (Å²) >= 11 is 0. The quantitative estimate of drug-likeness (QED) is 0.890. The van der Waals surface area contributed by atoms with Gasteiger partial charge in [-0.3, -0.25) is 0 Å². The van der Waals surface area contributed by atoms with Gasteiger partial charge < -0.3 is 10.2 Å². The summed E-state index contributed by atoms with van der Waals surface area (Å²) < 4.78 is 0. The SMILES string of the molecule is CCC(=Cc1ccc2c(c1)CCCN2C)CNC(C)(C)C. The molecule has 0 saturated heterocycles. The van der Waals surface area contributed by atoms with Crippen LogP contribution in [0, 0.1) is 0 Å². The number of fused-ring (bicyclic) bond motifs is 1. The van der Waals surface area contributed by atoms with E-state index in [4.69, 9.17) is 0 Å². The zero-order valence-electron chi connectivity index (χ0n) is 14.3. The summed E-state index contributed by atoms with van der Waals surface area (Å²) in [6.07, 6.45) is 5.93. The topological polar surface area (TPSA) is 15.3 Å². The Hall–Kier alpha value is -1.28. The molecule has 0 fully saturated rings. The molecule has 1 heterocycles. The Morgan fingerprint density at radius 3 is 2.76 bits per heavy atom. The van der Waals surface area contributed by atoms with E-state index in [2.05, 4.69) is 69.2 Å². The highest BCUT2D eigenvalue weighted by molar-refractivity contribution is 5.63. The van der Waals surface area contributed by atoms with Crippen molar-refractivity contribution in [2.75, 3.05) is 25.0 Å². The predicted octanol–water partition coefficient (Wildman–Crippen LogP) is 4.25. The van der Waals surface area contributed by atoms with Gasteiger partial charge in [0.2, 0.25) is 0 Å². The zero-order valence-corrected chi connectivity index (χ0v) is 14.3. The molecule has 0 spiro atoms. The first-order valence-electron chi connectivity index (χ1n) is 8.17. The van der Waals surface area contributed by atoms with Gasteiger partial charge in [-0.2, -0.15) is 0 Å². The summed E-state index contributed by atoms with van der Waals surface area (Å²) in [6.45, 7) is 11.0. The maximum absolute atomic E-state index is 3.59. The van der Waals surface area contributed by atoms with E-state index < -0.39 is 0 Å². The third-order valence-corrected chi connectivity index (χ3v) is 4.13. The van der Waals surface area contributed by atoms with Crippen molar-refractivity contribution in [3.05, 3.63) is 34.9 Å². The largest absolute Gasteiger partial charge is 0.374 e. The summed E-state index contributed by atoms with van der Waals surface area (Å²) in [5, 5.41) is 3.59. The van der Waals surface area contributed by atoms with E-state index in [0.29, 0.717) is 0 Å². The molecule has 0 atom stereocenters. The Labute approximate surface area is 130 Å². The average Bonchev–Trinajstić information content (AvgIpc) is 2.42. The smallest absolute Gasteiger partial charge is 0.0396 e. The van der Waals surface area contributed by atoms with Crippen molar-refractivity contribution in [3.8, 4) is 0 Å². The lowest BCUT2D eigenvalue weighted by molar-refractivity contribution is 0.443. The van der Waals surface area contributed by atoms with E-state index in [9.17, 15) is 0 Å². The molecular weight excluding hydrogens is 256 g/mol. The van der Waals surface area contributed by atoms with Crippen molar-refractivity contribution in [2.45, 2.75) is 52.5 Å². The third-order valence-electron chi connectivity index (χ3n) is 4.13. The maximum atomic E-state index is 3.59. The standard InChI is InChI=1S/C19H30N2/c1-6-15(14-20-19(2,3)4)12-16-9-10-18-17(13-16)8-7-11-21(18)5/h9-10,12-13,20H,6-8,11,14H2,1-5H3. The number of nitrogens with one attached hydrogen (secondary N) is 1. The molecule has 0 aromatic heterocycles. The first kappa shape index (κ1) is 16.1. The fourth-order valence-electron chi connectivity index (χ4n) is 2.79. The predicted molar refractivity (Wildman–Crippen MR) is 94.1 cm³/mol. The Bertz CT molecular complexity index is 509. The van der Waals surface area contributed by atoms with Gasteiger partial charge in [-0.05, 0) is 63.3 Å². The Morgan fingerprint density at radius 1 is 1.33 bits per heavy atom. The van der Waals surface area contributed by atoms with Gasteiger partial charge in [0, 0.05) is 31.4 Å². The molecule has 0 aliphatic carbocycles. The fraction of sp³-hybridized carbons (Fsp3) is 0.579. The Kier molecular flexibility index (Phi) is 5.10. The minimum Gasteiger partial charge on any atom is -0.374 e. The summed E-state index contributed by atoms with van der Waals surface area (Å²) in [5.74, 6) is 0. The van der Waals surface area contributed by atoms with Crippen molar-refractivity contribution >= 4 is 11.8 Å². The molecular formula is C19H30N2. The van der Waals surface area contributed by atoms with E-state index in [1.165, 1.54) is 41.8 Å². The molecule has 2 nitrogen and oxygen atoms in total. The zero-order chi connectivity index (χ0) is 15.5. The van der Waals surface area contributed by atoms with Crippen LogP contribution in [0.3, 0.4) is 0 Å². The highest BCUT2D eigenvalue weighted by atomic mass is 15.1. The number of aryl methyl sites for hydroxylation is 1. The number of nitrogens with zero attached hydrogens (tertiary/aromatic N) is 1. The molecule has 1 aromatic carbocycles. The summed E-state index contributed by atoms with van der Waals surface area (Å²) in [7, 11) is 2.19. The normalized spacial score (nSPS) is 16.0. The highest BCUT2D eigenvalue weighted by Crippen LogP contribution is 2.27. The second-order valence-corrected chi connectivity index (χ2v) is 7.17. The van der Waals surface area contributed by atoms with Gasteiger partial charge >= 0.3 is 0 Å². The number of anilines is 1. The lowest BCUT2D eigenvalue weighted by Gasteiger charge is -2.27. The Balaban J connectivity index is 2.15. The molecule has 0 saturated carbocycles. The molecule has 0 amide bonds. The number of hydrogen-bond acceptors (Lipinski definition) is 2. The van der Waals surface area contributed by atoms with Crippen LogP contribution < -0.4 is 10.2 Å². The molecule has 0 bridgehead atoms. The fourth-order valence-corrected chi connectivity index (χ4v) is 2.79. The molecule has 21 heavy (non-hydrogen) atoms. The van der Waals surface area contributed by atoms with Crippen LogP contribution in [-0.4, -0.2) is 25.7 Å². The van der Waals surface area contributed by atoms with Crippen molar-refractivity contribution in [1.82, 2.24) is 5.32 Å². The summed E-state index contributed by atoms with van der Waals surface area (Å²) in [4.78, 5) is 2.37. The number of rotatable bonds is 4. The van der Waals surface area contributed by atoms with Gasteiger partial charge in [0.1, 0.15) is 0 Å². The molecule has 2 rings (SSSR count). The minimum absolute atomic E-state index is 0.173. The minimum atomic E-state index is 0.173. The van der Waals surface area contributed by atoms with E-state index in [-0.39, 0.29) is 5.54 Å². The molecule has 2 heteroatoms. The first-order chi connectivity index (χ1) is 9.89. The van der Waals surface area contributed by atoms with Crippen LogP contribution in [0.2, 0.25) is 0 Å². The number of benzene rings is 1. The van der Waals surface area contributed by atoms with Crippen molar-refractivity contribution in [2.24, 2.45) is 0 Å². The molecule has 0 unspecified atom stereocenters. The van der Waals surface area contributed by atoms with Crippen LogP contribution in [-0.2, 0) is 6.42 Å². The maximum Gasteiger partial charge on any atom is 0.0396 e. The van der Waals surface area contributed by atoms with Gasteiger partial charge in [-0.15, -0.1) is 0 Å². The second-order valence-electron chi connectivity index (χ2n) is 7.17. The summed E-state index contributed by atoms with van der Waals surface area (Å²) in [5.41, 5.74) is 5.89. The third kappa shape index (κ3) is 4.60. The van der Waals surface area contributed by atoms with Crippen molar-refractivity contribution < 1.29 is 0 Å². The molecule has 1 aliphatic rings. The van der Waals surface area contributed by atoms with E-state index >= 15 is 0 Å². The first-order valence-corrected chi connectivity index (χ1v) is 8.17. The van der Waals surface area contributed by atoms with Gasteiger partial charge in [0.25, 0.3) is 0 Å². The van der Waals surface area contributed by atoms with Gasteiger partial charge in [0.05, 0.1) is 0 Å². The van der Waals surface area contributed by atoms with E-state index in [1.807, 2.05) is 0 Å². The van der Waals surface area contributed by atoms with Gasteiger partial charge in [0.15, 0.2) is 0 Å². The molecule has 1 N–H and O–H groups in total. The molecule has 0 radical (unpaired) electrons. The van der Waals surface area contributed by atoms with Gasteiger partial charge in [-0.25, -0.2) is 0 Å². The van der Waals surface area contributed by atoms with E-state index in [0.717, 1.165) is 13.0 Å². The lowest BCUT2D eigenvalue weighted by Crippen LogP contribution is -2.36. The van der Waals surface area contributed by atoms with Crippen LogP contribution in [0.5, 0.6) is 0 Å². The van der Waals surface area contributed by atoms with Crippen LogP contribution in [0.1, 0.15) is 51.7 Å². The molecule has 1 aromatic rings. The van der Waals surface area contributed by atoms with Crippen molar-refractivity contribution in [3.63, 3.8) is 0 Å². The Morgan fingerprint density at radius 2 is 2.10 bits per heavy atom. The molecule has 116 valence electrons. The van der Waals surface area contributed by atoms with E-state index in [1.54, 1.807) is 0 Å². The second kappa shape index (κ2) is 6.65. The monoisotopic (exact) mass is 286 g/mol. The van der Waals surface area contributed by atoms with Crippen LogP contribution >= 0.6 is 0 Å². The van der Waals surface area contributed by atoms with Crippen LogP contribution in [0.4, 0.5) is 5.69 Å². The summed E-state index contributed by atoms with van der Waals surface area (Å²) in [6, 6.07) is 6.91.